The maximum absolute atomic E-state index is 12.0. The zero-order valence-electron chi connectivity index (χ0n) is 14.1. The number of aryl methyl sites for hydroxylation is 2. The molecule has 1 amide bonds. The van der Waals surface area contributed by atoms with Crippen molar-refractivity contribution in [2.24, 2.45) is 0 Å². The quantitative estimate of drug-likeness (QED) is 0.778. The summed E-state index contributed by atoms with van der Waals surface area (Å²) in [6.45, 7) is 4.33. The minimum Gasteiger partial charge on any atom is -0.497 e. The first-order chi connectivity index (χ1) is 11.0. The molecular weight excluding hydrogens is 328 g/mol. The molecular formula is C18H23ClN2O3. The fourth-order valence-corrected chi connectivity index (χ4v) is 2.26. The molecule has 0 saturated carbocycles. The third kappa shape index (κ3) is 5.66. The number of nitrogens with two attached hydrogens (primary N) is 1. The topological polar surface area (TPSA) is 73.6 Å². The number of benzene rings is 2. The lowest BCUT2D eigenvalue weighted by Gasteiger charge is -2.11. The zero-order valence-corrected chi connectivity index (χ0v) is 14.9. The zero-order chi connectivity index (χ0) is 16.8. The van der Waals surface area contributed by atoms with Gasteiger partial charge in [-0.2, -0.15) is 0 Å². The van der Waals surface area contributed by atoms with E-state index in [2.05, 4.69) is 11.4 Å². The number of hydrogen-bond donors (Lipinski definition) is 2. The van der Waals surface area contributed by atoms with Crippen molar-refractivity contribution in [1.29, 1.82) is 0 Å². The van der Waals surface area contributed by atoms with Crippen LogP contribution in [0.2, 0.25) is 0 Å². The molecule has 0 spiro atoms. The number of ether oxygens (including phenoxy) is 2. The average Bonchev–Trinajstić information content (AvgIpc) is 2.48. The van der Waals surface area contributed by atoms with Crippen LogP contribution in [-0.2, 0) is 4.79 Å². The standard InChI is InChI=1S/C18H22N2O3.ClH/c1-12-8-13(2)10-15(9-12)23-7-6-18(21)20-17-11-14(22-3)4-5-16(17)19;/h4-5,8-11H,6-7,19H2,1-3H3,(H,20,21);1H. The van der Waals surface area contributed by atoms with Crippen LogP contribution in [0.1, 0.15) is 17.5 Å². The van der Waals surface area contributed by atoms with Crippen molar-refractivity contribution in [3.63, 3.8) is 0 Å². The Kier molecular flexibility index (Phi) is 7.39. The number of hydrogen-bond acceptors (Lipinski definition) is 4. The molecule has 0 fully saturated rings. The van der Waals surface area contributed by atoms with E-state index < -0.39 is 0 Å². The number of nitrogens with one attached hydrogen (secondary N) is 1. The number of amides is 1. The summed E-state index contributed by atoms with van der Waals surface area (Å²) < 4.78 is 10.8. The van der Waals surface area contributed by atoms with Crippen molar-refractivity contribution in [2.75, 3.05) is 24.8 Å². The molecule has 2 rings (SSSR count). The normalized spacial score (nSPS) is 9.79. The molecule has 0 aromatic heterocycles. The number of halogens is 1. The smallest absolute Gasteiger partial charge is 0.227 e. The third-order valence-electron chi connectivity index (χ3n) is 3.33. The number of methoxy groups -OCH3 is 1. The van der Waals surface area contributed by atoms with Gasteiger partial charge < -0.3 is 20.5 Å². The van der Waals surface area contributed by atoms with E-state index >= 15 is 0 Å². The molecule has 2 aromatic rings. The van der Waals surface area contributed by atoms with E-state index in [0.717, 1.165) is 16.9 Å². The van der Waals surface area contributed by atoms with Gasteiger partial charge in [0.2, 0.25) is 5.91 Å². The summed E-state index contributed by atoms with van der Waals surface area (Å²) in [6.07, 6.45) is 0.240. The molecule has 0 atom stereocenters. The van der Waals surface area contributed by atoms with Crippen molar-refractivity contribution >= 4 is 29.7 Å². The summed E-state index contributed by atoms with van der Waals surface area (Å²) in [7, 11) is 1.56. The van der Waals surface area contributed by atoms with Gasteiger partial charge in [0.25, 0.3) is 0 Å². The molecule has 130 valence electrons. The Balaban J connectivity index is 0.00000288. The van der Waals surface area contributed by atoms with Crippen LogP contribution in [0.25, 0.3) is 0 Å². The average molecular weight is 351 g/mol. The molecule has 6 heteroatoms. The van der Waals surface area contributed by atoms with E-state index in [1.165, 1.54) is 0 Å². The van der Waals surface area contributed by atoms with Crippen molar-refractivity contribution in [1.82, 2.24) is 0 Å². The van der Waals surface area contributed by atoms with Crippen LogP contribution in [-0.4, -0.2) is 19.6 Å². The van der Waals surface area contributed by atoms with E-state index in [1.54, 1.807) is 25.3 Å². The highest BCUT2D eigenvalue weighted by Gasteiger charge is 2.07. The molecule has 0 saturated heterocycles. The Bertz CT molecular complexity index is 684. The maximum atomic E-state index is 12.0. The van der Waals surface area contributed by atoms with Gasteiger partial charge >= 0.3 is 0 Å². The fraction of sp³-hybridized carbons (Fsp3) is 0.278. The second kappa shape index (κ2) is 9.03. The molecule has 3 N–H and O–H groups in total. The van der Waals surface area contributed by atoms with E-state index in [-0.39, 0.29) is 24.7 Å². The Labute approximate surface area is 148 Å². The summed E-state index contributed by atoms with van der Waals surface area (Å²) in [5.41, 5.74) is 9.15. The number of anilines is 2. The number of carbonyl (C=O) groups excluding carboxylic acids is 1. The number of rotatable bonds is 6. The van der Waals surface area contributed by atoms with Crippen LogP contribution in [0, 0.1) is 13.8 Å². The molecule has 0 radical (unpaired) electrons. The van der Waals surface area contributed by atoms with Gasteiger partial charge in [-0.25, -0.2) is 0 Å². The fourth-order valence-electron chi connectivity index (χ4n) is 2.26. The van der Waals surface area contributed by atoms with Gasteiger partial charge in [0, 0.05) is 6.07 Å². The van der Waals surface area contributed by atoms with E-state index in [0.29, 0.717) is 23.7 Å². The summed E-state index contributed by atoms with van der Waals surface area (Å²) >= 11 is 0. The largest absolute Gasteiger partial charge is 0.497 e. The highest BCUT2D eigenvalue weighted by Crippen LogP contribution is 2.24. The van der Waals surface area contributed by atoms with Gasteiger partial charge in [-0.05, 0) is 49.2 Å². The van der Waals surface area contributed by atoms with Crippen LogP contribution in [0.15, 0.2) is 36.4 Å². The Hall–Kier alpha value is -2.40. The van der Waals surface area contributed by atoms with Crippen LogP contribution in [0.5, 0.6) is 11.5 Å². The number of carbonyl (C=O) groups is 1. The number of nitrogen functional groups attached to an aromatic ring is 1. The first-order valence-electron chi connectivity index (χ1n) is 7.42. The van der Waals surface area contributed by atoms with Gasteiger partial charge in [0.05, 0.1) is 31.5 Å². The lowest BCUT2D eigenvalue weighted by atomic mass is 10.1. The Morgan fingerprint density at radius 3 is 2.38 bits per heavy atom. The molecule has 0 heterocycles. The van der Waals surface area contributed by atoms with E-state index in [9.17, 15) is 4.79 Å². The predicted octanol–water partition coefficient (Wildman–Crippen LogP) is 3.72. The van der Waals surface area contributed by atoms with Crippen molar-refractivity contribution in [2.45, 2.75) is 20.3 Å². The lowest BCUT2D eigenvalue weighted by molar-refractivity contribution is -0.116. The van der Waals surface area contributed by atoms with Crippen molar-refractivity contribution in [3.8, 4) is 11.5 Å². The summed E-state index contributed by atoms with van der Waals surface area (Å²) in [5, 5.41) is 2.77. The molecule has 0 aliphatic carbocycles. The second-order valence-electron chi connectivity index (χ2n) is 5.42. The minimum atomic E-state index is -0.158. The first kappa shape index (κ1) is 19.6. The molecule has 24 heavy (non-hydrogen) atoms. The van der Waals surface area contributed by atoms with Crippen LogP contribution in [0.4, 0.5) is 11.4 Å². The van der Waals surface area contributed by atoms with Crippen LogP contribution < -0.4 is 20.5 Å². The molecule has 0 aliphatic rings. The predicted molar refractivity (Wildman–Crippen MR) is 99.3 cm³/mol. The molecule has 2 aromatic carbocycles. The SMILES string of the molecule is COc1ccc(N)c(NC(=O)CCOc2cc(C)cc(C)c2)c1.Cl. The molecule has 0 aliphatic heterocycles. The molecule has 5 nitrogen and oxygen atoms in total. The summed E-state index contributed by atoms with van der Waals surface area (Å²) in [4.78, 5) is 12.0. The highest BCUT2D eigenvalue weighted by atomic mass is 35.5. The molecule has 0 unspecified atom stereocenters. The van der Waals surface area contributed by atoms with Gasteiger partial charge in [-0.1, -0.05) is 6.07 Å². The Morgan fingerprint density at radius 2 is 1.75 bits per heavy atom. The maximum Gasteiger partial charge on any atom is 0.227 e. The minimum absolute atomic E-state index is 0. The Morgan fingerprint density at radius 1 is 1.08 bits per heavy atom. The van der Waals surface area contributed by atoms with Crippen molar-refractivity contribution < 1.29 is 14.3 Å². The lowest BCUT2D eigenvalue weighted by Crippen LogP contribution is -2.16. The van der Waals surface area contributed by atoms with E-state index in [1.807, 2.05) is 26.0 Å². The van der Waals surface area contributed by atoms with E-state index in [4.69, 9.17) is 15.2 Å². The molecule has 0 bridgehead atoms. The van der Waals surface area contributed by atoms with Gasteiger partial charge in [0.15, 0.2) is 0 Å². The van der Waals surface area contributed by atoms with Gasteiger partial charge in [-0.3, -0.25) is 4.79 Å². The summed E-state index contributed by atoms with van der Waals surface area (Å²) in [5.74, 6) is 1.26. The first-order valence-corrected chi connectivity index (χ1v) is 7.42. The second-order valence-corrected chi connectivity index (χ2v) is 5.42. The van der Waals surface area contributed by atoms with Crippen LogP contribution in [0.3, 0.4) is 0 Å². The third-order valence-corrected chi connectivity index (χ3v) is 3.33. The van der Waals surface area contributed by atoms with Gasteiger partial charge in [0.1, 0.15) is 11.5 Å². The van der Waals surface area contributed by atoms with Gasteiger partial charge in [-0.15, -0.1) is 12.4 Å². The highest BCUT2D eigenvalue weighted by molar-refractivity contribution is 5.94. The monoisotopic (exact) mass is 350 g/mol. The van der Waals surface area contributed by atoms with Crippen LogP contribution >= 0.6 is 12.4 Å². The summed E-state index contributed by atoms with van der Waals surface area (Å²) in [6, 6.07) is 11.1. The van der Waals surface area contributed by atoms with Crippen molar-refractivity contribution in [3.05, 3.63) is 47.5 Å².